The molecule has 0 fully saturated rings. The number of aryl methyl sites for hydroxylation is 1. The molecule has 0 aliphatic carbocycles. The van der Waals surface area contributed by atoms with Gasteiger partial charge < -0.3 is 9.73 Å². The summed E-state index contributed by atoms with van der Waals surface area (Å²) in [5, 5.41) is 3.42. The van der Waals surface area contributed by atoms with Crippen LogP contribution in [0.3, 0.4) is 0 Å². The third kappa shape index (κ3) is 2.66. The number of nitrogens with zero attached hydrogens (tertiary/aromatic N) is 3. The molecule has 0 aliphatic heterocycles. The molecule has 0 aliphatic rings. The van der Waals surface area contributed by atoms with Gasteiger partial charge in [-0.05, 0) is 6.92 Å². The molecule has 0 aromatic carbocycles. The molecule has 0 unspecified atom stereocenters. The molecule has 0 amide bonds. The van der Waals surface area contributed by atoms with Gasteiger partial charge in [0, 0.05) is 6.07 Å². The van der Waals surface area contributed by atoms with Crippen molar-refractivity contribution in [2.24, 2.45) is 0 Å². The normalized spacial score (nSPS) is 10.3. The van der Waals surface area contributed by atoms with E-state index in [1.807, 2.05) is 6.92 Å². The summed E-state index contributed by atoms with van der Waals surface area (Å²) >= 11 is 5.70. The zero-order valence-corrected chi connectivity index (χ0v) is 8.82. The molecule has 0 saturated heterocycles. The van der Waals surface area contributed by atoms with Gasteiger partial charge in [0.25, 0.3) is 0 Å². The van der Waals surface area contributed by atoms with E-state index in [9.17, 15) is 0 Å². The van der Waals surface area contributed by atoms with Crippen LogP contribution in [-0.2, 0) is 6.54 Å². The summed E-state index contributed by atoms with van der Waals surface area (Å²) in [5.41, 5.74) is 0. The number of oxazole rings is 1. The first-order chi connectivity index (χ1) is 7.24. The predicted octanol–water partition coefficient (Wildman–Crippen LogP) is 2.04. The lowest BCUT2D eigenvalue weighted by molar-refractivity contribution is 0.479. The Morgan fingerprint density at radius 3 is 2.93 bits per heavy atom. The lowest BCUT2D eigenvalue weighted by Crippen LogP contribution is -2.01. The first-order valence-corrected chi connectivity index (χ1v) is 4.74. The average molecular weight is 225 g/mol. The average Bonchev–Trinajstić information content (AvgIpc) is 2.62. The van der Waals surface area contributed by atoms with Crippen LogP contribution in [0.5, 0.6) is 0 Å². The standard InChI is InChI=1S/C9H9ClN4O/c1-6-3-12-9(15-6)4-11-8-2-7(10)13-5-14-8/h2-3,5H,4H2,1H3,(H,11,13,14). The number of anilines is 1. The van der Waals surface area contributed by atoms with Crippen LogP contribution in [0.4, 0.5) is 5.82 Å². The van der Waals surface area contributed by atoms with E-state index in [2.05, 4.69) is 20.3 Å². The van der Waals surface area contributed by atoms with E-state index >= 15 is 0 Å². The summed E-state index contributed by atoms with van der Waals surface area (Å²) in [7, 11) is 0. The first-order valence-electron chi connectivity index (χ1n) is 4.37. The maximum absolute atomic E-state index is 5.70. The Morgan fingerprint density at radius 2 is 2.27 bits per heavy atom. The summed E-state index contributed by atoms with van der Waals surface area (Å²) in [6, 6.07) is 1.64. The molecule has 0 saturated carbocycles. The highest BCUT2D eigenvalue weighted by atomic mass is 35.5. The van der Waals surface area contributed by atoms with E-state index in [1.54, 1.807) is 12.3 Å². The van der Waals surface area contributed by atoms with Crippen molar-refractivity contribution < 1.29 is 4.42 Å². The molecule has 5 nitrogen and oxygen atoms in total. The Labute approximate surface area is 91.5 Å². The highest BCUT2D eigenvalue weighted by Crippen LogP contribution is 2.10. The van der Waals surface area contributed by atoms with Gasteiger partial charge in [-0.2, -0.15) is 0 Å². The number of rotatable bonds is 3. The van der Waals surface area contributed by atoms with Crippen LogP contribution in [-0.4, -0.2) is 15.0 Å². The van der Waals surface area contributed by atoms with Crippen molar-refractivity contribution in [3.8, 4) is 0 Å². The summed E-state index contributed by atoms with van der Waals surface area (Å²) in [4.78, 5) is 11.8. The molecule has 6 heteroatoms. The quantitative estimate of drug-likeness (QED) is 0.809. The summed E-state index contributed by atoms with van der Waals surface area (Å²) < 4.78 is 5.29. The largest absolute Gasteiger partial charge is 0.444 e. The van der Waals surface area contributed by atoms with E-state index in [-0.39, 0.29) is 0 Å². The number of hydrogen-bond acceptors (Lipinski definition) is 5. The summed E-state index contributed by atoms with van der Waals surface area (Å²) in [6.07, 6.45) is 3.06. The fourth-order valence-electron chi connectivity index (χ4n) is 1.08. The van der Waals surface area contributed by atoms with Crippen molar-refractivity contribution in [1.82, 2.24) is 15.0 Å². The van der Waals surface area contributed by atoms with Gasteiger partial charge in [-0.25, -0.2) is 15.0 Å². The van der Waals surface area contributed by atoms with Crippen LogP contribution in [0.2, 0.25) is 5.15 Å². The maximum atomic E-state index is 5.70. The van der Waals surface area contributed by atoms with Gasteiger partial charge in [0.05, 0.1) is 12.7 Å². The van der Waals surface area contributed by atoms with Crippen molar-refractivity contribution in [3.05, 3.63) is 35.4 Å². The number of hydrogen-bond donors (Lipinski definition) is 1. The fraction of sp³-hybridized carbons (Fsp3) is 0.222. The van der Waals surface area contributed by atoms with Crippen molar-refractivity contribution in [2.75, 3.05) is 5.32 Å². The fourth-order valence-corrected chi connectivity index (χ4v) is 1.23. The van der Waals surface area contributed by atoms with Gasteiger partial charge in [-0.15, -0.1) is 0 Å². The number of aromatic nitrogens is 3. The van der Waals surface area contributed by atoms with E-state index in [4.69, 9.17) is 16.0 Å². The molecule has 78 valence electrons. The van der Waals surface area contributed by atoms with Gasteiger partial charge in [0.2, 0.25) is 5.89 Å². The molecule has 0 spiro atoms. The van der Waals surface area contributed by atoms with Crippen LogP contribution >= 0.6 is 11.6 Å². The number of nitrogens with one attached hydrogen (secondary N) is 1. The highest BCUT2D eigenvalue weighted by molar-refractivity contribution is 6.29. The lowest BCUT2D eigenvalue weighted by Gasteiger charge is -2.01. The SMILES string of the molecule is Cc1cnc(CNc2cc(Cl)ncn2)o1. The molecule has 2 aromatic heterocycles. The van der Waals surface area contributed by atoms with Crippen molar-refractivity contribution in [1.29, 1.82) is 0 Å². The van der Waals surface area contributed by atoms with Gasteiger partial charge in [0.1, 0.15) is 23.1 Å². The molecule has 2 heterocycles. The molecule has 15 heavy (non-hydrogen) atoms. The summed E-state index contributed by atoms with van der Waals surface area (Å²) in [5.74, 6) is 2.04. The second-order valence-corrected chi connectivity index (χ2v) is 3.33. The predicted molar refractivity (Wildman–Crippen MR) is 55.6 cm³/mol. The lowest BCUT2D eigenvalue weighted by atomic mass is 10.5. The van der Waals surface area contributed by atoms with Crippen molar-refractivity contribution in [2.45, 2.75) is 13.5 Å². The minimum atomic E-state index is 0.399. The second-order valence-electron chi connectivity index (χ2n) is 2.94. The Kier molecular flexibility index (Phi) is 2.82. The third-order valence-electron chi connectivity index (χ3n) is 1.72. The Morgan fingerprint density at radius 1 is 1.40 bits per heavy atom. The smallest absolute Gasteiger partial charge is 0.213 e. The van der Waals surface area contributed by atoms with E-state index < -0.39 is 0 Å². The molecule has 2 rings (SSSR count). The Hall–Kier alpha value is -1.62. The molecule has 1 N–H and O–H groups in total. The van der Waals surface area contributed by atoms with Crippen LogP contribution in [0.15, 0.2) is 23.0 Å². The Balaban J connectivity index is 1.99. The highest BCUT2D eigenvalue weighted by Gasteiger charge is 2.01. The molecular weight excluding hydrogens is 216 g/mol. The van der Waals surface area contributed by atoms with Gasteiger partial charge in [-0.3, -0.25) is 0 Å². The topological polar surface area (TPSA) is 63.8 Å². The van der Waals surface area contributed by atoms with Crippen molar-refractivity contribution >= 4 is 17.4 Å². The zero-order valence-electron chi connectivity index (χ0n) is 8.07. The molecule has 0 atom stereocenters. The van der Waals surface area contributed by atoms with Crippen LogP contribution < -0.4 is 5.32 Å². The minimum absolute atomic E-state index is 0.399. The van der Waals surface area contributed by atoms with Gasteiger partial charge >= 0.3 is 0 Å². The van der Waals surface area contributed by atoms with Gasteiger partial charge in [-0.1, -0.05) is 11.6 Å². The zero-order chi connectivity index (χ0) is 10.7. The van der Waals surface area contributed by atoms with E-state index in [0.29, 0.717) is 23.4 Å². The molecule has 0 radical (unpaired) electrons. The third-order valence-corrected chi connectivity index (χ3v) is 1.93. The van der Waals surface area contributed by atoms with Gasteiger partial charge in [0.15, 0.2) is 0 Å². The number of halogens is 1. The van der Waals surface area contributed by atoms with E-state index in [0.717, 1.165) is 5.76 Å². The molecule has 2 aromatic rings. The molecule has 0 bridgehead atoms. The van der Waals surface area contributed by atoms with Crippen LogP contribution in [0.25, 0.3) is 0 Å². The van der Waals surface area contributed by atoms with Crippen molar-refractivity contribution in [3.63, 3.8) is 0 Å². The van der Waals surface area contributed by atoms with Crippen LogP contribution in [0.1, 0.15) is 11.7 Å². The van der Waals surface area contributed by atoms with E-state index in [1.165, 1.54) is 6.33 Å². The second kappa shape index (κ2) is 4.27. The summed E-state index contributed by atoms with van der Waals surface area (Å²) in [6.45, 7) is 2.32. The minimum Gasteiger partial charge on any atom is -0.444 e. The Bertz CT molecular complexity index is 457. The molecular formula is C9H9ClN4O. The van der Waals surface area contributed by atoms with Crippen LogP contribution in [0, 0.1) is 6.92 Å². The maximum Gasteiger partial charge on any atom is 0.213 e. The first kappa shape index (κ1) is 9.92. The monoisotopic (exact) mass is 224 g/mol.